The Morgan fingerprint density at radius 2 is 1.96 bits per heavy atom. The first kappa shape index (κ1) is 18.4. The molecule has 0 radical (unpaired) electrons. The average Bonchev–Trinajstić information content (AvgIpc) is 3.31. The largest absolute Gasteiger partial charge is 0.466 e. The number of nitrogens with zero attached hydrogens (tertiary/aromatic N) is 1. The predicted molar refractivity (Wildman–Crippen MR) is 101 cm³/mol. The number of rotatable bonds is 3. The van der Waals surface area contributed by atoms with Gasteiger partial charge in [0.2, 0.25) is 0 Å². The zero-order valence-corrected chi connectivity index (χ0v) is 16.0. The topological polar surface area (TPSA) is 84.9 Å². The van der Waals surface area contributed by atoms with E-state index in [9.17, 15) is 14.4 Å². The van der Waals surface area contributed by atoms with Crippen LogP contribution in [0.4, 0.5) is 5.69 Å². The van der Waals surface area contributed by atoms with Crippen LogP contribution < -0.4 is 5.32 Å². The molecule has 3 aliphatic heterocycles. The van der Waals surface area contributed by atoms with Crippen LogP contribution >= 0.6 is 0 Å². The van der Waals surface area contributed by atoms with E-state index in [1.165, 1.54) is 20.3 Å². The number of carbonyl (C=O) groups is 3. The van der Waals surface area contributed by atoms with Gasteiger partial charge in [0.15, 0.2) is 5.54 Å². The van der Waals surface area contributed by atoms with Crippen LogP contribution in [-0.2, 0) is 29.4 Å². The number of hydrogen-bond donors (Lipinski definition) is 1. The van der Waals surface area contributed by atoms with Gasteiger partial charge in [0.05, 0.1) is 19.8 Å². The maximum Gasteiger partial charge on any atom is 0.336 e. The lowest BCUT2D eigenvalue weighted by Gasteiger charge is -2.38. The third-order valence-electron chi connectivity index (χ3n) is 5.95. The second-order valence-corrected chi connectivity index (χ2v) is 7.24. The molecule has 1 fully saturated rings. The molecule has 3 atom stereocenters. The second-order valence-electron chi connectivity index (χ2n) is 7.24. The Balaban J connectivity index is 2.02. The molecule has 1 amide bonds. The molecule has 3 aliphatic rings. The number of methoxy groups -OCH3 is 2. The van der Waals surface area contributed by atoms with E-state index in [4.69, 9.17) is 9.47 Å². The van der Waals surface area contributed by atoms with Gasteiger partial charge in [-0.1, -0.05) is 18.2 Å². The summed E-state index contributed by atoms with van der Waals surface area (Å²) < 4.78 is 9.80. The van der Waals surface area contributed by atoms with Gasteiger partial charge < -0.3 is 14.8 Å². The first-order chi connectivity index (χ1) is 13.5. The van der Waals surface area contributed by atoms with Gasteiger partial charge in [0.25, 0.3) is 5.91 Å². The van der Waals surface area contributed by atoms with Crippen molar-refractivity contribution in [3.63, 3.8) is 0 Å². The molecule has 1 aromatic rings. The van der Waals surface area contributed by atoms with Crippen LogP contribution in [0.5, 0.6) is 0 Å². The summed E-state index contributed by atoms with van der Waals surface area (Å²) in [6, 6.07) is 7.30. The Morgan fingerprint density at radius 1 is 1.21 bits per heavy atom. The lowest BCUT2D eigenvalue weighted by molar-refractivity contribution is -0.140. The molecular weight excluding hydrogens is 360 g/mol. The first-order valence-corrected chi connectivity index (χ1v) is 9.25. The minimum Gasteiger partial charge on any atom is -0.466 e. The van der Waals surface area contributed by atoms with Crippen molar-refractivity contribution in [2.24, 2.45) is 0 Å². The highest BCUT2D eigenvalue weighted by molar-refractivity contribution is 6.15. The number of fused-ring (bicyclic) bond motifs is 4. The predicted octanol–water partition coefficient (Wildman–Crippen LogP) is 1.90. The van der Waals surface area contributed by atoms with Crippen molar-refractivity contribution in [2.75, 3.05) is 19.5 Å². The summed E-state index contributed by atoms with van der Waals surface area (Å²) in [4.78, 5) is 40.2. The van der Waals surface area contributed by atoms with E-state index in [1.807, 2.05) is 24.3 Å². The van der Waals surface area contributed by atoms with Crippen molar-refractivity contribution in [3.05, 3.63) is 53.1 Å². The number of anilines is 1. The number of amides is 1. The summed E-state index contributed by atoms with van der Waals surface area (Å²) >= 11 is 0. The molecule has 1 N–H and O–H groups in total. The average molecular weight is 382 g/mol. The molecule has 28 heavy (non-hydrogen) atoms. The second kappa shape index (κ2) is 6.60. The van der Waals surface area contributed by atoms with E-state index in [0.717, 1.165) is 18.4 Å². The molecule has 3 unspecified atom stereocenters. The zero-order valence-electron chi connectivity index (χ0n) is 16.0. The maximum absolute atomic E-state index is 13.4. The number of para-hydroxylation sites is 1. The van der Waals surface area contributed by atoms with Crippen molar-refractivity contribution in [3.8, 4) is 0 Å². The molecule has 146 valence electrons. The Labute approximate surface area is 163 Å². The molecule has 4 rings (SSSR count). The third kappa shape index (κ3) is 2.29. The molecule has 1 spiro atoms. The number of ether oxygens (including phenoxy) is 2. The highest BCUT2D eigenvalue weighted by atomic mass is 16.5. The first-order valence-electron chi connectivity index (χ1n) is 9.25. The van der Waals surface area contributed by atoms with Crippen LogP contribution in [0, 0.1) is 0 Å². The Bertz CT molecular complexity index is 934. The van der Waals surface area contributed by atoms with Crippen LogP contribution in [0.2, 0.25) is 0 Å². The van der Waals surface area contributed by atoms with Crippen LogP contribution in [0.3, 0.4) is 0 Å². The Morgan fingerprint density at radius 3 is 2.68 bits per heavy atom. The summed E-state index contributed by atoms with van der Waals surface area (Å²) in [6.45, 7) is 2.05. The van der Waals surface area contributed by atoms with Crippen LogP contribution in [-0.4, -0.2) is 49.0 Å². The van der Waals surface area contributed by atoms with Crippen LogP contribution in [0.25, 0.3) is 0 Å². The summed E-state index contributed by atoms with van der Waals surface area (Å²) in [7, 11) is 2.60. The lowest BCUT2D eigenvalue weighted by Crippen LogP contribution is -2.53. The van der Waals surface area contributed by atoms with Crippen LogP contribution in [0.1, 0.15) is 25.3 Å². The molecule has 3 heterocycles. The lowest BCUT2D eigenvalue weighted by atomic mass is 9.81. The Hall–Kier alpha value is -2.93. The molecule has 0 bridgehead atoms. The molecule has 0 saturated carbocycles. The van der Waals surface area contributed by atoms with Gasteiger partial charge in [-0.05, 0) is 37.5 Å². The molecular formula is C21H22N2O5. The standard InChI is InChI=1S/C21H22N2O5/c1-12-8-10-16-13(9-11-17(24)27-2)18(19(25)28-3)21(23(12)16)14-6-4-5-7-15(14)22-20(21)26/h4-7,9,11-12,16H,8,10H2,1-3H3,(H,22,26)/b11-9+. The van der Waals surface area contributed by atoms with Gasteiger partial charge in [-0.15, -0.1) is 0 Å². The van der Waals surface area contributed by atoms with Crippen molar-refractivity contribution in [1.29, 1.82) is 0 Å². The molecule has 0 aromatic heterocycles. The zero-order chi connectivity index (χ0) is 20.1. The summed E-state index contributed by atoms with van der Waals surface area (Å²) in [5, 5.41) is 2.93. The van der Waals surface area contributed by atoms with Gasteiger partial charge in [-0.3, -0.25) is 9.69 Å². The highest BCUT2D eigenvalue weighted by Gasteiger charge is 2.65. The number of esters is 2. The minimum atomic E-state index is -1.26. The number of carbonyl (C=O) groups excluding carboxylic acids is 3. The SMILES string of the molecule is COC(=O)/C=C/C1=C(C(=O)OC)C2(C(=O)Nc3ccccc32)N2C(C)CCC12. The fourth-order valence-electron chi connectivity index (χ4n) is 4.89. The van der Waals surface area contributed by atoms with Crippen molar-refractivity contribution >= 4 is 23.5 Å². The molecule has 1 saturated heterocycles. The number of hydrogen-bond acceptors (Lipinski definition) is 6. The fourth-order valence-corrected chi connectivity index (χ4v) is 4.89. The van der Waals surface area contributed by atoms with Gasteiger partial charge in [0.1, 0.15) is 0 Å². The summed E-state index contributed by atoms with van der Waals surface area (Å²) in [5.41, 5.74) is 1.06. The Kier molecular flexibility index (Phi) is 4.34. The van der Waals surface area contributed by atoms with E-state index in [0.29, 0.717) is 11.3 Å². The fraction of sp³-hybridized carbons (Fsp3) is 0.381. The quantitative estimate of drug-likeness (QED) is 0.635. The number of benzene rings is 1. The van der Waals surface area contributed by atoms with E-state index < -0.39 is 17.5 Å². The van der Waals surface area contributed by atoms with E-state index in [1.54, 1.807) is 6.08 Å². The molecule has 0 aliphatic carbocycles. The maximum atomic E-state index is 13.4. The molecule has 1 aromatic carbocycles. The summed E-state index contributed by atoms with van der Waals surface area (Å²) in [5.74, 6) is -1.36. The van der Waals surface area contributed by atoms with Gasteiger partial charge >= 0.3 is 11.9 Å². The summed E-state index contributed by atoms with van der Waals surface area (Å²) in [6.07, 6.45) is 4.54. The normalized spacial score (nSPS) is 28.6. The van der Waals surface area contributed by atoms with Crippen molar-refractivity contribution < 1.29 is 23.9 Å². The van der Waals surface area contributed by atoms with Crippen molar-refractivity contribution in [2.45, 2.75) is 37.4 Å². The van der Waals surface area contributed by atoms with Gasteiger partial charge in [-0.2, -0.15) is 0 Å². The van der Waals surface area contributed by atoms with Crippen LogP contribution in [0.15, 0.2) is 47.6 Å². The molecule has 7 nitrogen and oxygen atoms in total. The highest BCUT2D eigenvalue weighted by Crippen LogP contribution is 2.56. The monoisotopic (exact) mass is 382 g/mol. The van der Waals surface area contributed by atoms with E-state index in [-0.39, 0.29) is 23.6 Å². The van der Waals surface area contributed by atoms with Crippen molar-refractivity contribution in [1.82, 2.24) is 4.90 Å². The van der Waals surface area contributed by atoms with Gasteiger partial charge in [0, 0.05) is 29.4 Å². The number of nitrogens with one attached hydrogen (secondary N) is 1. The smallest absolute Gasteiger partial charge is 0.336 e. The third-order valence-corrected chi connectivity index (χ3v) is 5.95. The van der Waals surface area contributed by atoms with E-state index in [2.05, 4.69) is 17.1 Å². The van der Waals surface area contributed by atoms with E-state index >= 15 is 0 Å². The molecule has 7 heteroatoms. The van der Waals surface area contributed by atoms with Gasteiger partial charge in [-0.25, -0.2) is 9.59 Å². The minimum absolute atomic E-state index is 0.0746.